The lowest BCUT2D eigenvalue weighted by atomic mass is 10.1. The van der Waals surface area contributed by atoms with E-state index in [0.29, 0.717) is 6.10 Å². The van der Waals surface area contributed by atoms with Gasteiger partial charge >= 0.3 is 0 Å². The van der Waals surface area contributed by atoms with E-state index in [-0.39, 0.29) is 0 Å². The van der Waals surface area contributed by atoms with Gasteiger partial charge in [-0.15, -0.1) is 0 Å². The summed E-state index contributed by atoms with van der Waals surface area (Å²) in [6, 6.07) is 2.19. The highest BCUT2D eigenvalue weighted by Crippen LogP contribution is 2.09. The van der Waals surface area contributed by atoms with E-state index in [4.69, 9.17) is 4.74 Å². The van der Waals surface area contributed by atoms with E-state index in [0.717, 1.165) is 45.6 Å². The molecule has 17 heavy (non-hydrogen) atoms. The van der Waals surface area contributed by atoms with Crippen LogP contribution >= 0.6 is 11.3 Å². The fourth-order valence-corrected chi connectivity index (χ4v) is 2.77. The largest absolute Gasteiger partial charge is 0.377 e. The fourth-order valence-electron chi connectivity index (χ4n) is 2.11. The fraction of sp³-hybridized carbons (Fsp3) is 0.692. The second-order valence-electron chi connectivity index (χ2n) is 4.69. The first kappa shape index (κ1) is 13.0. The average Bonchev–Trinajstić information content (AvgIpc) is 2.83. The molecule has 96 valence electrons. The van der Waals surface area contributed by atoms with Crippen LogP contribution in [0.2, 0.25) is 0 Å². The van der Waals surface area contributed by atoms with Gasteiger partial charge in [0.1, 0.15) is 0 Å². The molecular formula is C13H22N2OS. The molecule has 1 aromatic rings. The van der Waals surface area contributed by atoms with Gasteiger partial charge in [-0.2, -0.15) is 11.3 Å². The normalized spacial score (nSPS) is 17.8. The highest BCUT2D eigenvalue weighted by molar-refractivity contribution is 7.07. The number of thiophene rings is 1. The van der Waals surface area contributed by atoms with Crippen LogP contribution < -0.4 is 5.32 Å². The van der Waals surface area contributed by atoms with Crippen molar-refractivity contribution in [1.29, 1.82) is 0 Å². The summed E-state index contributed by atoms with van der Waals surface area (Å²) in [7, 11) is 2.16. The van der Waals surface area contributed by atoms with Gasteiger partial charge in [-0.3, -0.25) is 4.90 Å². The first-order valence-electron chi connectivity index (χ1n) is 6.36. The van der Waals surface area contributed by atoms with Crippen LogP contribution in [0.15, 0.2) is 16.8 Å². The van der Waals surface area contributed by atoms with Crippen LogP contribution in [0.1, 0.15) is 18.4 Å². The number of piperidine rings is 1. The molecule has 0 atom stereocenters. The Morgan fingerprint density at radius 3 is 3.00 bits per heavy atom. The summed E-state index contributed by atoms with van der Waals surface area (Å²) < 4.78 is 5.89. The highest BCUT2D eigenvalue weighted by Gasteiger charge is 2.13. The number of rotatable bonds is 6. The van der Waals surface area contributed by atoms with Crippen LogP contribution in [0.3, 0.4) is 0 Å². The molecular weight excluding hydrogens is 232 g/mol. The first-order chi connectivity index (χ1) is 8.34. The number of hydrogen-bond donors (Lipinski definition) is 1. The molecule has 1 aliphatic heterocycles. The van der Waals surface area contributed by atoms with Gasteiger partial charge in [0.05, 0.1) is 12.7 Å². The van der Waals surface area contributed by atoms with E-state index in [1.165, 1.54) is 5.56 Å². The quantitative estimate of drug-likeness (QED) is 0.840. The summed E-state index contributed by atoms with van der Waals surface area (Å²) >= 11 is 1.76. The van der Waals surface area contributed by atoms with Crippen molar-refractivity contribution in [1.82, 2.24) is 10.2 Å². The van der Waals surface area contributed by atoms with Crippen LogP contribution in [-0.2, 0) is 11.3 Å². The highest BCUT2D eigenvalue weighted by atomic mass is 32.1. The number of nitrogens with one attached hydrogen (secondary N) is 1. The molecule has 0 saturated carbocycles. The van der Waals surface area contributed by atoms with Gasteiger partial charge in [0.25, 0.3) is 0 Å². The molecule has 0 aromatic carbocycles. The Balaban J connectivity index is 1.58. The Kier molecular flexibility index (Phi) is 5.45. The minimum atomic E-state index is 0.478. The Morgan fingerprint density at radius 2 is 2.29 bits per heavy atom. The Bertz CT molecular complexity index is 296. The van der Waals surface area contributed by atoms with Crippen molar-refractivity contribution in [3.05, 3.63) is 22.4 Å². The van der Waals surface area contributed by atoms with Crippen LogP contribution in [0, 0.1) is 0 Å². The van der Waals surface area contributed by atoms with E-state index < -0.39 is 0 Å². The Morgan fingerprint density at radius 1 is 1.47 bits per heavy atom. The van der Waals surface area contributed by atoms with Gasteiger partial charge in [0, 0.05) is 13.1 Å². The van der Waals surface area contributed by atoms with Gasteiger partial charge in [0.2, 0.25) is 0 Å². The van der Waals surface area contributed by atoms with Crippen LogP contribution in [0.5, 0.6) is 0 Å². The third-order valence-electron chi connectivity index (χ3n) is 3.15. The lowest BCUT2D eigenvalue weighted by Crippen LogP contribution is -2.34. The Hall–Kier alpha value is -0.420. The average molecular weight is 254 g/mol. The molecule has 0 amide bonds. The van der Waals surface area contributed by atoms with E-state index >= 15 is 0 Å². The minimum absolute atomic E-state index is 0.478. The van der Waals surface area contributed by atoms with Crippen molar-refractivity contribution < 1.29 is 4.74 Å². The predicted molar refractivity (Wildman–Crippen MR) is 72.5 cm³/mol. The minimum Gasteiger partial charge on any atom is -0.377 e. The van der Waals surface area contributed by atoms with E-state index in [2.05, 4.69) is 34.1 Å². The maximum absolute atomic E-state index is 5.89. The van der Waals surface area contributed by atoms with Gasteiger partial charge in [0.15, 0.2) is 0 Å². The molecule has 1 N–H and O–H groups in total. The lowest BCUT2D eigenvalue weighted by Gasteiger charge is -2.24. The van der Waals surface area contributed by atoms with Crippen molar-refractivity contribution in [3.63, 3.8) is 0 Å². The maximum Gasteiger partial charge on any atom is 0.0600 e. The summed E-state index contributed by atoms with van der Waals surface area (Å²) in [5, 5.41) is 7.70. The molecule has 0 unspecified atom stereocenters. The molecule has 0 radical (unpaired) electrons. The van der Waals surface area contributed by atoms with Crippen molar-refractivity contribution in [3.8, 4) is 0 Å². The molecule has 0 bridgehead atoms. The van der Waals surface area contributed by atoms with Crippen molar-refractivity contribution in [2.45, 2.75) is 25.5 Å². The molecule has 1 fully saturated rings. The topological polar surface area (TPSA) is 24.5 Å². The predicted octanol–water partition coefficient (Wildman–Crippen LogP) is 1.95. The smallest absolute Gasteiger partial charge is 0.0600 e. The van der Waals surface area contributed by atoms with Crippen LogP contribution in [0.4, 0.5) is 0 Å². The van der Waals surface area contributed by atoms with E-state index in [1.54, 1.807) is 11.3 Å². The van der Waals surface area contributed by atoms with Gasteiger partial charge in [-0.1, -0.05) is 0 Å². The zero-order valence-electron chi connectivity index (χ0n) is 10.5. The van der Waals surface area contributed by atoms with Crippen LogP contribution in [0.25, 0.3) is 0 Å². The second kappa shape index (κ2) is 7.11. The molecule has 0 aliphatic carbocycles. The molecule has 2 heterocycles. The summed E-state index contributed by atoms with van der Waals surface area (Å²) in [4.78, 5) is 2.32. The molecule has 2 rings (SSSR count). The van der Waals surface area contributed by atoms with Crippen molar-refractivity contribution >= 4 is 11.3 Å². The molecule has 1 saturated heterocycles. The second-order valence-corrected chi connectivity index (χ2v) is 5.47. The van der Waals surface area contributed by atoms with Crippen molar-refractivity contribution in [2.75, 3.05) is 33.3 Å². The van der Waals surface area contributed by atoms with Crippen molar-refractivity contribution in [2.24, 2.45) is 0 Å². The monoisotopic (exact) mass is 254 g/mol. The zero-order valence-corrected chi connectivity index (χ0v) is 11.3. The molecule has 1 aromatic heterocycles. The summed E-state index contributed by atoms with van der Waals surface area (Å²) in [6.07, 6.45) is 2.80. The van der Waals surface area contributed by atoms with E-state index in [1.807, 2.05) is 0 Å². The SMILES string of the molecule is CN(CCOC1CCNCC1)Cc1ccsc1. The lowest BCUT2D eigenvalue weighted by molar-refractivity contribution is 0.0224. The third kappa shape index (κ3) is 4.76. The summed E-state index contributed by atoms with van der Waals surface area (Å²) in [5.41, 5.74) is 1.40. The molecule has 4 heteroatoms. The third-order valence-corrected chi connectivity index (χ3v) is 3.88. The van der Waals surface area contributed by atoms with Gasteiger partial charge in [-0.05, 0) is 55.4 Å². The van der Waals surface area contributed by atoms with E-state index in [9.17, 15) is 0 Å². The molecule has 1 aliphatic rings. The number of ether oxygens (including phenoxy) is 1. The van der Waals surface area contributed by atoms with Gasteiger partial charge in [-0.25, -0.2) is 0 Å². The number of nitrogens with zero attached hydrogens (tertiary/aromatic N) is 1. The standard InChI is InChI=1S/C13H22N2OS/c1-15(10-12-4-9-17-11-12)7-8-16-13-2-5-14-6-3-13/h4,9,11,13-14H,2-3,5-8,10H2,1H3. The first-order valence-corrected chi connectivity index (χ1v) is 7.31. The molecule has 3 nitrogen and oxygen atoms in total. The maximum atomic E-state index is 5.89. The van der Waals surface area contributed by atoms with Crippen LogP contribution in [-0.4, -0.2) is 44.3 Å². The Labute approximate surface area is 108 Å². The number of likely N-dealkylation sites (N-methyl/N-ethyl adjacent to an activating group) is 1. The summed E-state index contributed by atoms with van der Waals surface area (Å²) in [6.45, 7) is 5.11. The van der Waals surface area contributed by atoms with Gasteiger partial charge < -0.3 is 10.1 Å². The zero-order chi connectivity index (χ0) is 11.9. The molecule has 0 spiro atoms. The number of hydrogen-bond acceptors (Lipinski definition) is 4. The summed E-state index contributed by atoms with van der Waals surface area (Å²) in [5.74, 6) is 0.